The number of anilines is 3. The molecule has 9 aromatic rings. The molecule has 92 heavy (non-hydrogen) atoms. The van der Waals surface area contributed by atoms with Crippen LogP contribution < -0.4 is 30.7 Å². The zero-order chi connectivity index (χ0) is 83.9. The second kappa shape index (κ2) is 23.6. The Morgan fingerprint density at radius 1 is 0.565 bits per heavy atom. The Balaban J connectivity index is 0.000000149. The molecule has 0 radical (unpaired) electrons. The summed E-state index contributed by atoms with van der Waals surface area (Å²) in [5.41, 5.74) is -7.46. The van der Waals surface area contributed by atoms with Crippen LogP contribution in [-0.2, 0) is 19.5 Å². The minimum atomic E-state index is -3.50. The number of carbonyl (C=O) groups is 3. The molecule has 6 aliphatic rings. The first-order valence-electron chi connectivity index (χ1n) is 38.0. The molecule has 15 rings (SSSR count). The molecule has 12 heterocycles. The van der Waals surface area contributed by atoms with E-state index < -0.39 is 148 Å². The lowest BCUT2D eigenvalue weighted by Crippen LogP contribution is -2.29. The highest BCUT2D eigenvalue weighted by Crippen LogP contribution is 2.37. The maximum atomic E-state index is 14.9. The van der Waals surface area contributed by atoms with Crippen molar-refractivity contribution in [1.29, 1.82) is 15.8 Å². The maximum absolute atomic E-state index is 14.9. The number of nitrogens with one attached hydrogen (secondary N) is 3. The number of hydrogen-bond acceptors (Lipinski definition) is 18. The number of rotatable bonds is 9. The van der Waals surface area contributed by atoms with E-state index in [0.29, 0.717) is 9.80 Å². The molecule has 0 unspecified atom stereocenters. The fourth-order valence-corrected chi connectivity index (χ4v) is 10.2. The van der Waals surface area contributed by atoms with E-state index in [0.717, 1.165) is 44.4 Å². The highest BCUT2D eigenvalue weighted by atomic mass is 19.1. The summed E-state index contributed by atoms with van der Waals surface area (Å²) in [6.45, 7) is -24.3. The van der Waals surface area contributed by atoms with Gasteiger partial charge in [0.15, 0.2) is 17.5 Å². The van der Waals surface area contributed by atoms with Crippen molar-refractivity contribution >= 4 is 35.2 Å². The van der Waals surface area contributed by atoms with Gasteiger partial charge in [-0.05, 0) is 87.6 Å². The van der Waals surface area contributed by atoms with Crippen molar-refractivity contribution in [3.63, 3.8) is 0 Å². The van der Waals surface area contributed by atoms with Crippen LogP contribution in [0.4, 0.5) is 30.6 Å². The van der Waals surface area contributed by atoms with Gasteiger partial charge in [0.2, 0.25) is 0 Å². The maximum Gasteiger partial charge on any atom is 0.255 e. The number of amides is 3. The van der Waals surface area contributed by atoms with Gasteiger partial charge in [0.25, 0.3) is 17.7 Å². The summed E-state index contributed by atoms with van der Waals surface area (Å²) in [7, 11) is 0. The van der Waals surface area contributed by atoms with Crippen LogP contribution in [0, 0.1) is 51.4 Å². The predicted octanol–water partition coefficient (Wildman–Crippen LogP) is 6.06. The van der Waals surface area contributed by atoms with Gasteiger partial charge in [0.05, 0.1) is 171 Å². The fraction of sp³-hybridized carbons (Fsp3) is 0.262. The Kier molecular flexibility index (Phi) is 9.98. The Hall–Kier alpha value is -11.3. The molecule has 3 saturated heterocycles. The second-order valence-electron chi connectivity index (χ2n) is 20.6. The van der Waals surface area contributed by atoms with E-state index in [1.54, 1.807) is 0 Å². The molecule has 24 nitrogen and oxygen atoms in total. The highest BCUT2D eigenvalue weighted by molar-refractivity contribution is 6.03. The third-order valence-corrected chi connectivity index (χ3v) is 14.3. The van der Waals surface area contributed by atoms with E-state index in [2.05, 4.69) is 46.2 Å². The summed E-state index contributed by atoms with van der Waals surface area (Å²) >= 11 is 0. The minimum absolute atomic E-state index is 0.00276. The largest absolute Gasteiger partial charge is 0.391 e. The number of β-amino-alcohol motifs (C(OH)–C–C–N with tert-alkyl or cyclic N) is 3. The van der Waals surface area contributed by atoms with Crippen molar-refractivity contribution in [1.82, 2.24) is 60.2 Å². The van der Waals surface area contributed by atoms with Crippen molar-refractivity contribution in [2.45, 2.75) is 69.8 Å². The number of hydrogen-bond donors (Lipinski definition) is 6. The van der Waals surface area contributed by atoms with E-state index in [4.69, 9.17) is 30.2 Å². The Morgan fingerprint density at radius 2 is 0.957 bits per heavy atom. The minimum Gasteiger partial charge on any atom is -0.391 e. The molecule has 3 fully saturated rings. The topological polar surface area (TPSA) is 321 Å². The van der Waals surface area contributed by atoms with Gasteiger partial charge >= 0.3 is 0 Å². The molecule has 6 aliphatic heterocycles. The summed E-state index contributed by atoms with van der Waals surface area (Å²) in [6, 6.07) is 24.2. The van der Waals surface area contributed by atoms with Crippen LogP contribution in [-0.4, -0.2) is 134 Å². The molecule has 6 aromatic heterocycles. The van der Waals surface area contributed by atoms with Gasteiger partial charge in [-0.3, -0.25) is 14.4 Å². The lowest BCUT2D eigenvalue weighted by atomic mass is 10.0. The summed E-state index contributed by atoms with van der Waals surface area (Å²) in [4.78, 5) is 52.1. The number of pyridine rings is 3. The monoisotopic (exact) mass is 1260 g/mol. The van der Waals surface area contributed by atoms with Crippen molar-refractivity contribution in [3.8, 4) is 69.0 Å². The standard InChI is InChI=1S/2C22H19FN6O2.C21H17FN6O2/c2*1-22(31)6-8-28(12-22)18-5-7-29(27-18)17-9-15(26-16-11-25-21(30)20(16)17)19-13(10-24)3-2-4-14(19)23;22-14-3-1-2-12(9-23)19(14)15-8-17(20-16(25-15)10-24-21(20)30)28-7-5-18(26-28)27-6-4-13(29)11-27/h2*2-5,7,9,31H,6,8,11-12H2,1H3,(H,25,30);1-3,5,7-8,13,29H,4,6,10-11H2,(H,24,30)/t2*22-;13-/m101/s1/i1D3,8D2,11D2,12D2;8D2,11D2,12D2;4D2,6D2,11D2,13D. The number of carbonyl (C=O) groups excluding carboxylic acids is 3. The van der Waals surface area contributed by atoms with Gasteiger partial charge in [0.1, 0.15) is 17.5 Å². The quantitative estimate of drug-likeness (QED) is 0.0956. The summed E-state index contributed by atoms with van der Waals surface area (Å²) in [5, 5.41) is 79.5. The smallest absolute Gasteiger partial charge is 0.255 e. The molecule has 3 amide bonds. The van der Waals surface area contributed by atoms with Gasteiger partial charge in [-0.25, -0.2) is 42.2 Å². The Bertz CT molecular complexity index is 5710. The van der Waals surface area contributed by atoms with Crippen LogP contribution >= 0.6 is 0 Å². The zero-order valence-corrected chi connectivity index (χ0v) is 46.9. The van der Waals surface area contributed by atoms with Crippen molar-refractivity contribution < 1.29 is 73.0 Å². The highest BCUT2D eigenvalue weighted by Gasteiger charge is 2.36. The van der Waals surface area contributed by atoms with Crippen LogP contribution in [0.3, 0.4) is 0 Å². The number of fused-ring (bicyclic) bond motifs is 3. The molecule has 0 bridgehead atoms. The number of benzene rings is 3. The van der Waals surface area contributed by atoms with Crippen molar-refractivity contribution in [2.24, 2.45) is 0 Å². The van der Waals surface area contributed by atoms with Crippen LogP contribution in [0.2, 0.25) is 0 Å². The number of aromatic nitrogens is 9. The first-order valence-corrected chi connectivity index (χ1v) is 27.0. The van der Waals surface area contributed by atoms with Gasteiger partial charge < -0.3 is 46.0 Å². The van der Waals surface area contributed by atoms with E-state index in [-0.39, 0.29) is 113 Å². The molecule has 0 spiro atoms. The Morgan fingerprint density at radius 3 is 1.35 bits per heavy atom. The molecular weight excluding hydrogens is 1190 g/mol. The van der Waals surface area contributed by atoms with E-state index in [1.165, 1.54) is 86.2 Å². The summed E-state index contributed by atoms with van der Waals surface area (Å²) < 4.78 is 226. The van der Waals surface area contributed by atoms with Crippen molar-refractivity contribution in [2.75, 3.05) is 53.7 Å². The van der Waals surface area contributed by atoms with Gasteiger partial charge in [-0.1, -0.05) is 18.2 Å². The zero-order valence-electron chi connectivity index (χ0n) is 68.9. The lowest BCUT2D eigenvalue weighted by molar-refractivity contribution is 0.0833. The third-order valence-electron chi connectivity index (χ3n) is 14.3. The first-order chi connectivity index (χ1) is 52.6. The lowest BCUT2D eigenvalue weighted by Gasteiger charge is -2.18. The second-order valence-corrected chi connectivity index (χ2v) is 20.6. The average Bonchev–Trinajstić information content (AvgIpc) is 1.53. The number of nitriles is 3. The average molecular weight is 1260 g/mol. The molecule has 462 valence electrons. The molecule has 0 saturated carbocycles. The molecular formula is C65H55F3N18O6. The van der Waals surface area contributed by atoms with Gasteiger partial charge in [0, 0.05) is 90.8 Å². The molecule has 27 heteroatoms. The fourth-order valence-electron chi connectivity index (χ4n) is 10.2. The number of aliphatic hydroxyl groups is 3. The number of halogens is 3. The first kappa shape index (κ1) is 39.0. The molecule has 6 N–H and O–H groups in total. The summed E-state index contributed by atoms with van der Waals surface area (Å²) in [5.74, 6) is -5.76. The van der Waals surface area contributed by atoms with Crippen LogP contribution in [0.5, 0.6) is 0 Å². The molecule has 0 aliphatic carbocycles. The van der Waals surface area contributed by atoms with Crippen LogP contribution in [0.25, 0.3) is 50.8 Å². The number of nitrogens with zero attached hydrogens (tertiary/aromatic N) is 15. The van der Waals surface area contributed by atoms with E-state index in [1.807, 2.05) is 18.2 Å². The van der Waals surface area contributed by atoms with Gasteiger partial charge in [-0.2, -0.15) is 31.1 Å². The Labute approximate surface area is 553 Å². The van der Waals surface area contributed by atoms with E-state index >= 15 is 0 Å². The molecule has 3 atom stereocenters. The van der Waals surface area contributed by atoms with Crippen LogP contribution in [0.15, 0.2) is 110 Å². The van der Waals surface area contributed by atoms with Crippen molar-refractivity contribution in [3.05, 3.63) is 178 Å². The normalized spacial score (nSPS) is 28.6. The molecule has 3 aromatic carbocycles. The van der Waals surface area contributed by atoms with E-state index in [9.17, 15) is 58.7 Å². The SMILES string of the molecule is [2H]C1([2H])N(c2ccn(-c3cc(-c4c(F)cccc4C#N)nc4c3C(=O)NC4)n2)C([2H])([2H])[C@]([2H])(O)C1([2H])[2H].[2H]C1([2H])NC(=O)c2c(-n3ccc(N4C([2H])([2H])C[C@](C)(O)C4([2H])[2H])n3)cc(-c3c(F)cccc3C#N)nc21.[2H]C1([2H])NC(=O)c2c(-n3ccc(N4C([2H])([2H])C[C@](O)(C([2H])([2H])[2H])C4([2H])[2H])n3)cc(-c3c(F)cccc3C#N)nc21. The predicted molar refractivity (Wildman–Crippen MR) is 326 cm³/mol. The third kappa shape index (κ3) is 11.2. The van der Waals surface area contributed by atoms with Crippen LogP contribution in [0.1, 0.15) is 128 Å². The summed E-state index contributed by atoms with van der Waals surface area (Å²) in [6.07, 6.45) is -4.83. The van der Waals surface area contributed by atoms with Gasteiger partial charge in [-0.15, -0.1) is 0 Å².